The molecule has 11 heterocycles. The largest absolute Gasteiger partial charge is 0.444 e. The molecule has 1 aliphatic carbocycles. The van der Waals surface area contributed by atoms with E-state index >= 15 is 0 Å². The predicted octanol–water partition coefficient (Wildman–Crippen LogP) is 12.0. The molecule has 6 fully saturated rings. The molecule has 0 spiro atoms. The predicted molar refractivity (Wildman–Crippen MR) is 457 cm³/mol. The van der Waals surface area contributed by atoms with Crippen LogP contribution < -0.4 is 47.4 Å². The quantitative estimate of drug-likeness (QED) is 0.0371. The number of anilines is 4. The summed E-state index contributed by atoms with van der Waals surface area (Å²) in [5, 5.41) is 17.0. The average Bonchev–Trinajstić information content (AvgIpc) is 1.54. The van der Waals surface area contributed by atoms with Gasteiger partial charge in [0.1, 0.15) is 65.0 Å². The maximum atomic E-state index is 14.4. The van der Waals surface area contributed by atoms with Crippen LogP contribution in [0.3, 0.4) is 0 Å². The number of nitrogens with zero attached hydrogens (tertiary/aromatic N) is 14. The summed E-state index contributed by atoms with van der Waals surface area (Å²) in [7, 11) is 0. The Morgan fingerprint density at radius 2 is 0.824 bits per heavy atom. The number of ether oxygens (including phenoxy) is 5. The number of rotatable bonds is 15. The zero-order valence-corrected chi connectivity index (χ0v) is 75.5. The fourth-order valence-corrected chi connectivity index (χ4v) is 13.7. The lowest BCUT2D eigenvalue weighted by atomic mass is 10.2. The van der Waals surface area contributed by atoms with Crippen LogP contribution in [-0.2, 0) is 23.7 Å². The summed E-state index contributed by atoms with van der Waals surface area (Å²) in [6.07, 6.45) is 5.55. The Morgan fingerprint density at radius 3 is 1.19 bits per heavy atom. The van der Waals surface area contributed by atoms with Crippen molar-refractivity contribution >= 4 is 76.8 Å². The average molecular weight is 1780 g/mol. The number of hydrogen-bond donors (Lipinski definition) is 7. The summed E-state index contributed by atoms with van der Waals surface area (Å²) in [5.41, 5.74) is 5.05. The van der Waals surface area contributed by atoms with Crippen molar-refractivity contribution < 1.29 is 92.4 Å². The molecule has 41 heteroatoms. The van der Waals surface area contributed by atoms with Gasteiger partial charge in [-0.15, -0.1) is 0 Å². The van der Waals surface area contributed by atoms with E-state index in [9.17, 15) is 68.7 Å². The molecule has 1 saturated carbocycles. The van der Waals surface area contributed by atoms with Crippen LogP contribution in [0.2, 0.25) is 0 Å². The number of likely N-dealkylation sites (N-methyl/N-ethyl adjacent to an activating group) is 3. The van der Waals surface area contributed by atoms with Crippen molar-refractivity contribution in [2.45, 2.75) is 266 Å². The summed E-state index contributed by atoms with van der Waals surface area (Å²) in [4.78, 5) is 118. The number of aryl methyl sites for hydroxylation is 2. The van der Waals surface area contributed by atoms with Crippen LogP contribution in [-0.4, -0.2) is 293 Å². The van der Waals surface area contributed by atoms with Crippen LogP contribution in [0, 0.1) is 25.5 Å². The van der Waals surface area contributed by atoms with Crippen molar-refractivity contribution in [2.24, 2.45) is 5.73 Å². The highest BCUT2D eigenvalue weighted by Crippen LogP contribution is 2.29. The van der Waals surface area contributed by atoms with Gasteiger partial charge in [-0.3, -0.25) is 9.59 Å². The number of aromatic nitrogens is 8. The normalized spacial score (nSPS) is 22.4. The van der Waals surface area contributed by atoms with Crippen molar-refractivity contribution in [1.82, 2.24) is 79.6 Å². The molecule has 696 valence electrons. The van der Waals surface area contributed by atoms with E-state index < -0.39 is 137 Å². The second kappa shape index (κ2) is 44.2. The summed E-state index contributed by atoms with van der Waals surface area (Å²) in [5.74, 6) is -1.28. The number of alkyl halides is 6. The minimum absolute atomic E-state index is 0.0378. The van der Waals surface area contributed by atoms with E-state index in [-0.39, 0.29) is 104 Å². The lowest BCUT2D eigenvalue weighted by molar-refractivity contribution is 0.0107. The third-order valence-electron chi connectivity index (χ3n) is 19.2. The Balaban J connectivity index is 0.000000213. The van der Waals surface area contributed by atoms with E-state index in [0.29, 0.717) is 56.0 Å². The van der Waals surface area contributed by atoms with Gasteiger partial charge in [-0.25, -0.2) is 89.0 Å². The van der Waals surface area contributed by atoms with Crippen molar-refractivity contribution in [3.63, 3.8) is 0 Å². The van der Waals surface area contributed by atoms with Crippen molar-refractivity contribution in [1.29, 1.82) is 0 Å². The molecule has 0 bridgehead atoms. The number of hydrogen-bond acceptors (Lipinski definition) is 24. The van der Waals surface area contributed by atoms with Crippen LogP contribution in [0.5, 0.6) is 0 Å². The number of pyridine rings is 2. The number of alkyl carbamates (subject to hydrolysis) is 1. The van der Waals surface area contributed by atoms with E-state index in [4.69, 9.17) is 29.4 Å². The number of halogens is 8. The Hall–Kier alpha value is -10.3. The third-order valence-corrected chi connectivity index (χ3v) is 19.2. The number of nitrogens with one attached hydrogen (secondary N) is 6. The molecule has 12 unspecified atom stereocenters. The molecule has 0 radical (unpaired) electrons. The number of carbonyl (C=O) groups is 7. The van der Waals surface area contributed by atoms with Gasteiger partial charge in [-0.1, -0.05) is 20.8 Å². The van der Waals surface area contributed by atoms with Crippen LogP contribution >= 0.6 is 0 Å². The first-order valence-electron chi connectivity index (χ1n) is 42.0. The van der Waals surface area contributed by atoms with Crippen molar-refractivity contribution in [3.8, 4) is 0 Å². The topological polar surface area (TPSA) is 369 Å². The number of fused-ring (bicyclic) bond motifs is 2. The van der Waals surface area contributed by atoms with Gasteiger partial charge >= 0.3 is 30.5 Å². The van der Waals surface area contributed by atoms with Gasteiger partial charge < -0.3 is 99.5 Å². The zero-order chi connectivity index (χ0) is 93.1. The number of imidazole rings is 2. The van der Waals surface area contributed by atoms with Crippen LogP contribution in [0.25, 0.3) is 11.3 Å². The van der Waals surface area contributed by atoms with Gasteiger partial charge in [-0.2, -0.15) is 0 Å². The van der Waals surface area contributed by atoms with Crippen LogP contribution in [0.15, 0.2) is 61.7 Å². The molecule has 125 heavy (non-hydrogen) atoms. The molecule has 8 N–H and O–H groups in total. The summed E-state index contributed by atoms with van der Waals surface area (Å²) >= 11 is 0. The molecule has 5 aliphatic heterocycles. The van der Waals surface area contributed by atoms with Gasteiger partial charge in [0, 0.05) is 107 Å². The van der Waals surface area contributed by atoms with Gasteiger partial charge in [0.2, 0.25) is 11.9 Å². The Morgan fingerprint density at radius 1 is 0.448 bits per heavy atom. The van der Waals surface area contributed by atoms with Gasteiger partial charge in [0.25, 0.3) is 11.8 Å². The monoisotopic (exact) mass is 1770 g/mol. The molecule has 12 atom stereocenters. The molecule has 6 aromatic heterocycles. The Kier molecular flexibility index (Phi) is 36.0. The van der Waals surface area contributed by atoms with Crippen LogP contribution in [0.4, 0.5) is 82.4 Å². The maximum Gasteiger partial charge on any atom is 0.410 e. The molecular weight excluding hydrogens is 1650 g/mol. The third kappa shape index (κ3) is 31.7. The number of amides is 7. The highest BCUT2D eigenvalue weighted by atomic mass is 19.2. The van der Waals surface area contributed by atoms with Gasteiger partial charge in [0.05, 0.1) is 96.8 Å². The zero-order valence-electron chi connectivity index (χ0n) is 75.5. The lowest BCUT2D eigenvalue weighted by Gasteiger charge is -2.31. The standard InChI is InChI=1S/2C19H21F2N7O.C16H29FN2O4.C14H25FN2O4.C9H17FN2O2.C7H14FN/c2*1-3-22-16-10-28(9-15(16)21)19-23-5-12(6-24-19)18(29)26-13-4-14(20)17-25-11(2)7-27(17)8-13;1-8-19(14(21)23-16(5,6)7)12-10-18(9-11(12)17)13(20)22-15(2,3)4;1-13(2,3)20-11(18)16-10-8-17(7-9(10)15)12(19)21-14(4,5)6;1-9(2,3)14-8(13)12-4-6(10)7(11)5-12;1-2-9-7-5-3-4-6(7)8/h2*4-8,15-16,22H,3,9-10H2,1-2H3,(H,26,29);11-12H,8-10H2,1-7H3;9-10H,7-8H2,1-6H3,(H,16,18);6-7H,4-5,11H2,1-3H3;6-7,9H,2-5H2,1H3. The summed E-state index contributed by atoms with van der Waals surface area (Å²) in [6.45, 7) is 41.5. The molecular formula is C84H127F8N21O12. The highest BCUT2D eigenvalue weighted by molar-refractivity contribution is 6.04. The fraction of sp³-hybridized carbons (Fsp3) is 0.655. The van der Waals surface area contributed by atoms with E-state index in [1.54, 1.807) is 159 Å². The maximum absolute atomic E-state index is 14.4. The van der Waals surface area contributed by atoms with Crippen LogP contribution in [0.1, 0.15) is 183 Å². The second-order valence-electron chi connectivity index (χ2n) is 36.1. The van der Waals surface area contributed by atoms with Crippen molar-refractivity contribution in [2.75, 3.05) is 112 Å². The van der Waals surface area contributed by atoms with E-state index in [2.05, 4.69) is 61.8 Å². The summed E-state index contributed by atoms with van der Waals surface area (Å²) < 4.78 is 139. The molecule has 6 aromatic rings. The second-order valence-corrected chi connectivity index (χ2v) is 36.1. The van der Waals surface area contributed by atoms with E-state index in [1.165, 1.54) is 65.3 Å². The molecule has 0 aromatic carbocycles. The first-order valence-corrected chi connectivity index (χ1v) is 42.0. The lowest BCUT2D eigenvalue weighted by Crippen LogP contribution is -2.48. The fourth-order valence-electron chi connectivity index (χ4n) is 13.7. The van der Waals surface area contributed by atoms with Crippen molar-refractivity contribution in [3.05, 3.63) is 95.9 Å². The molecule has 33 nitrogen and oxygen atoms in total. The summed E-state index contributed by atoms with van der Waals surface area (Å²) in [6, 6.07) is -0.0263. The SMILES string of the molecule is CC(C)(C)OC(=O)N1CC(N)C(F)C1.CC(C)(C)OC(=O)NC1CN(C(=O)OC(C)(C)C)CC1F.CCN(C(=O)OC(C)(C)C)C1CN(C(=O)OC(C)(C)C)CC1F.CCNC1CCCC1F.CCNC1CN(c2ncc(C(=O)Nc3cc(F)c4nc(C)cn4c3)cn2)CC1F.CCNC1CN(c2ncc(C(=O)Nc3cc(F)c4nc(C)cn4c3)cn2)CC1F. The Labute approximate surface area is 725 Å². The van der Waals surface area contributed by atoms with E-state index in [1.807, 2.05) is 20.8 Å². The number of carbonyl (C=O) groups excluding carboxylic acids is 7. The number of nitrogens with two attached hydrogens (primary N) is 1. The van der Waals surface area contributed by atoms with Gasteiger partial charge in [-0.05, 0) is 164 Å². The molecule has 6 aliphatic rings. The van der Waals surface area contributed by atoms with E-state index in [0.717, 1.165) is 25.8 Å². The smallest absolute Gasteiger partial charge is 0.410 e. The highest BCUT2D eigenvalue weighted by Gasteiger charge is 2.45. The minimum Gasteiger partial charge on any atom is -0.444 e. The first-order chi connectivity index (χ1) is 58.2. The first kappa shape index (κ1) is 102. The molecule has 5 saturated heterocycles. The Bertz CT molecular complexity index is 4370. The molecule has 12 rings (SSSR count). The molecule has 7 amide bonds. The number of likely N-dealkylation sites (tertiary alicyclic amines) is 3. The minimum atomic E-state index is -1.34. The van der Waals surface area contributed by atoms with Gasteiger partial charge in [0.15, 0.2) is 22.9 Å².